The Morgan fingerprint density at radius 2 is 1.68 bits per heavy atom. The van der Waals surface area contributed by atoms with E-state index in [4.69, 9.17) is 37.4 Å². The first kappa shape index (κ1) is 30.0. The van der Waals surface area contributed by atoms with Crippen LogP contribution in [0.3, 0.4) is 0 Å². The van der Waals surface area contributed by atoms with Gasteiger partial charge in [0, 0.05) is 38.3 Å². The van der Waals surface area contributed by atoms with Crippen LogP contribution < -0.4 is 15.2 Å². The number of hydrogen-bond donors (Lipinski definition) is 0. The van der Waals surface area contributed by atoms with E-state index in [1.807, 2.05) is 36.4 Å². The molecule has 0 amide bonds. The minimum atomic E-state index is -0.776. The van der Waals surface area contributed by atoms with Crippen LogP contribution in [-0.4, -0.2) is 61.6 Å². The van der Waals surface area contributed by atoms with Crippen LogP contribution in [0.15, 0.2) is 53.3 Å². The maximum Gasteiger partial charge on any atom is 0.510 e. The third kappa shape index (κ3) is 8.29. The van der Waals surface area contributed by atoms with Gasteiger partial charge in [-0.25, -0.2) is 4.79 Å². The van der Waals surface area contributed by atoms with Crippen LogP contribution in [0.2, 0.25) is 10.0 Å². The second-order valence-corrected chi connectivity index (χ2v) is 10.6. The highest BCUT2D eigenvalue weighted by atomic mass is 35.5. The average Bonchev–Trinajstić information content (AvgIpc) is 2.96. The molecule has 2 heterocycles. The fraction of sp³-hybridized carbons (Fsp3) is 0.467. The zero-order valence-electron chi connectivity index (χ0n) is 23.0. The van der Waals surface area contributed by atoms with Crippen molar-refractivity contribution in [3.8, 4) is 5.75 Å². The quantitative estimate of drug-likeness (QED) is 0.164. The third-order valence-electron chi connectivity index (χ3n) is 7.03. The van der Waals surface area contributed by atoms with Crippen molar-refractivity contribution in [3.63, 3.8) is 0 Å². The van der Waals surface area contributed by atoms with Gasteiger partial charge in [-0.15, -0.1) is 0 Å². The summed E-state index contributed by atoms with van der Waals surface area (Å²) in [5.74, 6) is 0.668. The number of rotatable bonds is 13. The Labute approximate surface area is 245 Å². The molecule has 10 heteroatoms. The lowest BCUT2D eigenvalue weighted by molar-refractivity contribution is 0.0332. The van der Waals surface area contributed by atoms with E-state index >= 15 is 0 Å². The maximum absolute atomic E-state index is 12.5. The summed E-state index contributed by atoms with van der Waals surface area (Å²) < 4.78 is 17.7. The number of pyridine rings is 1. The molecule has 1 aliphatic heterocycles. The van der Waals surface area contributed by atoms with Gasteiger partial charge in [-0.3, -0.25) is 14.3 Å². The molecule has 2 aromatic carbocycles. The van der Waals surface area contributed by atoms with Crippen LogP contribution in [0.1, 0.15) is 39.0 Å². The Morgan fingerprint density at radius 3 is 2.48 bits per heavy atom. The molecule has 1 aromatic heterocycles. The van der Waals surface area contributed by atoms with Gasteiger partial charge in [0.25, 0.3) is 5.56 Å². The summed E-state index contributed by atoms with van der Waals surface area (Å²) in [7, 11) is 0. The number of halogens is 2. The van der Waals surface area contributed by atoms with E-state index < -0.39 is 6.16 Å². The van der Waals surface area contributed by atoms with Gasteiger partial charge in [0.05, 0.1) is 34.5 Å². The zero-order chi connectivity index (χ0) is 28.3. The van der Waals surface area contributed by atoms with Crippen molar-refractivity contribution >= 4 is 45.9 Å². The summed E-state index contributed by atoms with van der Waals surface area (Å²) in [4.78, 5) is 29.2. The number of carbonyl (C=O) groups is 1. The van der Waals surface area contributed by atoms with Crippen LogP contribution in [0, 0.1) is 0 Å². The molecule has 1 aliphatic rings. The molecule has 8 nitrogen and oxygen atoms in total. The van der Waals surface area contributed by atoms with Crippen molar-refractivity contribution in [2.24, 2.45) is 0 Å². The van der Waals surface area contributed by atoms with Crippen molar-refractivity contribution in [1.29, 1.82) is 0 Å². The first-order valence-corrected chi connectivity index (χ1v) is 14.7. The molecule has 1 saturated heterocycles. The summed E-state index contributed by atoms with van der Waals surface area (Å²) in [5, 5.41) is 2.06. The second kappa shape index (κ2) is 15.2. The smallest absolute Gasteiger partial charge is 0.494 e. The Hall–Kier alpha value is -2.94. The van der Waals surface area contributed by atoms with Gasteiger partial charge in [0.2, 0.25) is 0 Å². The topological polar surface area (TPSA) is 73.2 Å². The highest BCUT2D eigenvalue weighted by molar-refractivity contribution is 6.43. The molecule has 0 N–H and O–H groups in total. The molecule has 0 saturated carbocycles. The molecule has 0 aliphatic carbocycles. The predicted octanol–water partition coefficient (Wildman–Crippen LogP) is 6.59. The highest BCUT2D eigenvalue weighted by Crippen LogP contribution is 2.32. The Bertz CT molecular complexity index is 1320. The van der Waals surface area contributed by atoms with Crippen molar-refractivity contribution < 1.29 is 19.0 Å². The first-order chi connectivity index (χ1) is 19.5. The summed E-state index contributed by atoms with van der Waals surface area (Å²) in [6, 6.07) is 14.6. The molecular formula is C30H37Cl2N3O5. The minimum absolute atomic E-state index is 0.219. The van der Waals surface area contributed by atoms with Gasteiger partial charge in [-0.1, -0.05) is 49.0 Å². The van der Waals surface area contributed by atoms with Gasteiger partial charge < -0.3 is 19.1 Å². The first-order valence-electron chi connectivity index (χ1n) is 13.9. The molecule has 0 spiro atoms. The zero-order valence-corrected chi connectivity index (χ0v) is 24.5. The van der Waals surface area contributed by atoms with E-state index in [0.717, 1.165) is 75.9 Å². The Balaban J connectivity index is 1.21. The standard InChI is InChI=1S/C30H37Cl2N3O5/c1-2-3-5-20-39-30(37)40-22-35-27-21-24(12-10-23(27)11-13-28(35)36)38-19-6-4-14-33-15-17-34(18-16-33)26-9-7-8-25(31)29(26)32/h7-13,21H,2-6,14-20,22H2,1H3. The maximum atomic E-state index is 12.5. The lowest BCUT2D eigenvalue weighted by Crippen LogP contribution is -2.46. The second-order valence-electron chi connectivity index (χ2n) is 9.86. The number of fused-ring (bicyclic) bond motifs is 1. The van der Waals surface area contributed by atoms with E-state index in [-0.39, 0.29) is 12.3 Å². The molecule has 3 aromatic rings. The summed E-state index contributed by atoms with van der Waals surface area (Å²) in [6.45, 7) is 7.51. The predicted molar refractivity (Wildman–Crippen MR) is 160 cm³/mol. The van der Waals surface area contributed by atoms with E-state index in [0.29, 0.717) is 34.5 Å². The molecule has 4 rings (SSSR count). The van der Waals surface area contributed by atoms with Gasteiger partial charge >= 0.3 is 6.16 Å². The number of hydrogen-bond acceptors (Lipinski definition) is 7. The fourth-order valence-corrected chi connectivity index (χ4v) is 5.15. The van der Waals surface area contributed by atoms with Gasteiger partial charge in [0.15, 0.2) is 6.73 Å². The highest BCUT2D eigenvalue weighted by Gasteiger charge is 2.19. The number of anilines is 1. The van der Waals surface area contributed by atoms with E-state index in [2.05, 4.69) is 16.7 Å². The van der Waals surface area contributed by atoms with Gasteiger partial charge in [-0.05, 0) is 61.5 Å². The molecule has 0 radical (unpaired) electrons. The molecule has 0 atom stereocenters. The Morgan fingerprint density at radius 1 is 0.900 bits per heavy atom. The van der Waals surface area contributed by atoms with Crippen molar-refractivity contribution in [2.75, 3.05) is 50.8 Å². The Kier molecular flexibility index (Phi) is 11.4. The van der Waals surface area contributed by atoms with Crippen LogP contribution in [0.5, 0.6) is 5.75 Å². The monoisotopic (exact) mass is 589 g/mol. The number of carbonyl (C=O) groups excluding carboxylic acids is 1. The van der Waals surface area contributed by atoms with Crippen LogP contribution >= 0.6 is 23.2 Å². The number of piperazine rings is 1. The number of aromatic nitrogens is 1. The van der Waals surface area contributed by atoms with E-state index in [1.165, 1.54) is 10.6 Å². The van der Waals surface area contributed by atoms with Crippen LogP contribution in [0.25, 0.3) is 10.9 Å². The average molecular weight is 591 g/mol. The van der Waals surface area contributed by atoms with Gasteiger partial charge in [-0.2, -0.15) is 0 Å². The third-order valence-corrected chi connectivity index (χ3v) is 7.83. The lowest BCUT2D eigenvalue weighted by atomic mass is 10.2. The van der Waals surface area contributed by atoms with E-state index in [1.54, 1.807) is 6.07 Å². The minimum Gasteiger partial charge on any atom is -0.494 e. The van der Waals surface area contributed by atoms with Crippen molar-refractivity contribution in [2.45, 2.75) is 45.8 Å². The van der Waals surface area contributed by atoms with Crippen molar-refractivity contribution in [3.05, 3.63) is 68.9 Å². The molecule has 40 heavy (non-hydrogen) atoms. The van der Waals surface area contributed by atoms with E-state index in [9.17, 15) is 9.59 Å². The van der Waals surface area contributed by atoms with Gasteiger partial charge in [0.1, 0.15) is 5.75 Å². The number of ether oxygens (including phenoxy) is 3. The number of unbranched alkanes of at least 4 members (excludes halogenated alkanes) is 3. The summed E-state index contributed by atoms with van der Waals surface area (Å²) >= 11 is 12.6. The normalized spacial score (nSPS) is 13.9. The number of nitrogens with zero attached hydrogens (tertiary/aromatic N) is 3. The molecule has 216 valence electrons. The van der Waals surface area contributed by atoms with Crippen molar-refractivity contribution in [1.82, 2.24) is 9.47 Å². The molecular weight excluding hydrogens is 553 g/mol. The molecule has 0 bridgehead atoms. The molecule has 1 fully saturated rings. The lowest BCUT2D eigenvalue weighted by Gasteiger charge is -2.36. The number of benzene rings is 2. The molecule has 0 unspecified atom stereocenters. The fourth-order valence-electron chi connectivity index (χ4n) is 4.73. The van der Waals surface area contributed by atoms with Crippen LogP contribution in [0.4, 0.5) is 10.5 Å². The summed E-state index contributed by atoms with van der Waals surface area (Å²) in [5.41, 5.74) is 1.37. The largest absolute Gasteiger partial charge is 0.510 e. The summed E-state index contributed by atoms with van der Waals surface area (Å²) in [6.07, 6.45) is 3.96. The van der Waals surface area contributed by atoms with Crippen LogP contribution in [-0.2, 0) is 16.2 Å². The SMILES string of the molecule is CCCCCOC(=O)OCn1c(=O)ccc2ccc(OCCCCN3CCN(c4cccc(Cl)c4Cl)CC3)cc21.